The van der Waals surface area contributed by atoms with Gasteiger partial charge < -0.3 is 14.2 Å². The molecule has 0 N–H and O–H groups in total. The minimum absolute atomic E-state index is 0.104. The molecule has 0 spiro atoms. The Labute approximate surface area is 425 Å². The Morgan fingerprint density at radius 3 is 1.01 bits per heavy atom. The maximum Gasteiger partial charge on any atom is 0.306 e. The van der Waals surface area contributed by atoms with Crippen molar-refractivity contribution in [1.82, 2.24) is 0 Å². The third kappa shape index (κ3) is 54.9. The van der Waals surface area contributed by atoms with Crippen molar-refractivity contribution in [3.05, 3.63) is 109 Å². The van der Waals surface area contributed by atoms with E-state index in [0.717, 1.165) is 109 Å². The van der Waals surface area contributed by atoms with Gasteiger partial charge >= 0.3 is 17.9 Å². The molecule has 1 unspecified atom stereocenters. The zero-order valence-electron chi connectivity index (χ0n) is 44.8. The molecule has 0 saturated carbocycles. The molecule has 69 heavy (non-hydrogen) atoms. The van der Waals surface area contributed by atoms with Crippen LogP contribution in [0.1, 0.15) is 252 Å². The Morgan fingerprint density at radius 1 is 0.304 bits per heavy atom. The predicted octanol–water partition coefficient (Wildman–Crippen LogP) is 19.1. The fourth-order valence-electron chi connectivity index (χ4n) is 7.49. The first-order valence-electron chi connectivity index (χ1n) is 28.4. The molecular weight excluding hydrogens is 853 g/mol. The monoisotopic (exact) mass is 957 g/mol. The summed E-state index contributed by atoms with van der Waals surface area (Å²) in [6.07, 6.45) is 76.6. The highest BCUT2D eigenvalue weighted by atomic mass is 16.6. The lowest BCUT2D eigenvalue weighted by atomic mass is 10.1. The largest absolute Gasteiger partial charge is 0.462 e. The zero-order valence-corrected chi connectivity index (χ0v) is 44.8. The first-order chi connectivity index (χ1) is 34.0. The molecule has 0 aliphatic carbocycles. The number of ether oxygens (including phenoxy) is 3. The van der Waals surface area contributed by atoms with Crippen LogP contribution in [-0.2, 0) is 28.6 Å². The van der Waals surface area contributed by atoms with Gasteiger partial charge in [0.25, 0.3) is 0 Å². The molecule has 392 valence electrons. The summed E-state index contributed by atoms with van der Waals surface area (Å²) < 4.78 is 16.8. The molecule has 0 aromatic heterocycles. The third-order valence-electron chi connectivity index (χ3n) is 11.7. The van der Waals surface area contributed by atoms with Crippen LogP contribution >= 0.6 is 0 Å². The normalized spacial score (nSPS) is 12.9. The van der Waals surface area contributed by atoms with E-state index in [2.05, 4.69) is 130 Å². The van der Waals surface area contributed by atoms with Crippen LogP contribution in [0.3, 0.4) is 0 Å². The van der Waals surface area contributed by atoms with E-state index in [-0.39, 0.29) is 37.5 Å². The Hall–Kier alpha value is -3.93. The lowest BCUT2D eigenvalue weighted by Gasteiger charge is -2.18. The van der Waals surface area contributed by atoms with Gasteiger partial charge in [0.2, 0.25) is 0 Å². The van der Waals surface area contributed by atoms with Gasteiger partial charge in [-0.25, -0.2) is 0 Å². The number of esters is 3. The molecule has 6 heteroatoms. The number of allylic oxidation sites excluding steroid dienone is 18. The zero-order chi connectivity index (χ0) is 50.0. The lowest BCUT2D eigenvalue weighted by Crippen LogP contribution is -2.30. The van der Waals surface area contributed by atoms with Crippen LogP contribution in [-0.4, -0.2) is 37.2 Å². The number of hydrogen-bond donors (Lipinski definition) is 0. The van der Waals surface area contributed by atoms with Crippen molar-refractivity contribution in [2.75, 3.05) is 13.2 Å². The van der Waals surface area contributed by atoms with Crippen molar-refractivity contribution in [3.8, 4) is 0 Å². The molecule has 0 aromatic carbocycles. The highest BCUT2D eigenvalue weighted by Crippen LogP contribution is 2.14. The molecule has 0 aliphatic rings. The van der Waals surface area contributed by atoms with Crippen molar-refractivity contribution < 1.29 is 28.6 Å². The first-order valence-corrected chi connectivity index (χ1v) is 28.4. The predicted molar refractivity (Wildman–Crippen MR) is 297 cm³/mol. The molecule has 0 amide bonds. The number of carbonyl (C=O) groups is 3. The van der Waals surface area contributed by atoms with Gasteiger partial charge in [0, 0.05) is 19.3 Å². The molecule has 0 fully saturated rings. The Morgan fingerprint density at radius 2 is 0.609 bits per heavy atom. The molecule has 0 heterocycles. The maximum atomic E-state index is 12.8. The number of unbranched alkanes of at least 4 members (excludes halogenated alkanes) is 21. The molecule has 6 nitrogen and oxygen atoms in total. The molecule has 0 rings (SSSR count). The van der Waals surface area contributed by atoms with Gasteiger partial charge in [-0.3, -0.25) is 14.4 Å². The van der Waals surface area contributed by atoms with E-state index >= 15 is 0 Å². The summed E-state index contributed by atoms with van der Waals surface area (Å²) in [6, 6.07) is 0. The Bertz CT molecular complexity index is 1420. The lowest BCUT2D eigenvalue weighted by molar-refractivity contribution is -0.167. The van der Waals surface area contributed by atoms with E-state index in [1.165, 1.54) is 96.3 Å². The van der Waals surface area contributed by atoms with Crippen LogP contribution in [0.25, 0.3) is 0 Å². The van der Waals surface area contributed by atoms with E-state index in [0.29, 0.717) is 19.3 Å². The van der Waals surface area contributed by atoms with Gasteiger partial charge in [0.1, 0.15) is 13.2 Å². The average molecular weight is 958 g/mol. The van der Waals surface area contributed by atoms with Crippen LogP contribution in [0.15, 0.2) is 109 Å². The molecular formula is C63H104O6. The fourth-order valence-corrected chi connectivity index (χ4v) is 7.49. The van der Waals surface area contributed by atoms with Crippen molar-refractivity contribution in [3.63, 3.8) is 0 Å². The van der Waals surface area contributed by atoms with Crippen molar-refractivity contribution in [2.24, 2.45) is 0 Å². The van der Waals surface area contributed by atoms with E-state index in [9.17, 15) is 14.4 Å². The molecule has 0 radical (unpaired) electrons. The van der Waals surface area contributed by atoms with Crippen LogP contribution in [0.5, 0.6) is 0 Å². The highest BCUT2D eigenvalue weighted by Gasteiger charge is 2.19. The Balaban J connectivity index is 4.43. The SMILES string of the molecule is CC/C=C\C/C=C\C/C=C\C/C=C\C/C=C\C/C=C\C/C=C\CCCC(=O)OCC(COC(=O)CCCCCCC/C=C\CCC)OC(=O)CCCCCCCCC/C=C\CCCCCCCCC. The summed E-state index contributed by atoms with van der Waals surface area (Å²) in [4.78, 5) is 38.0. The molecule has 0 bridgehead atoms. The minimum Gasteiger partial charge on any atom is -0.462 e. The second kappa shape index (κ2) is 56.7. The number of rotatable bonds is 50. The third-order valence-corrected chi connectivity index (χ3v) is 11.7. The quantitative estimate of drug-likeness (QED) is 0.0262. The van der Waals surface area contributed by atoms with Crippen LogP contribution < -0.4 is 0 Å². The fraction of sp³-hybridized carbons (Fsp3) is 0.667. The van der Waals surface area contributed by atoms with E-state index in [1.807, 2.05) is 0 Å². The maximum absolute atomic E-state index is 12.8. The van der Waals surface area contributed by atoms with E-state index in [4.69, 9.17) is 14.2 Å². The van der Waals surface area contributed by atoms with Crippen molar-refractivity contribution >= 4 is 17.9 Å². The van der Waals surface area contributed by atoms with Gasteiger partial charge in [-0.05, 0) is 116 Å². The number of hydrogen-bond acceptors (Lipinski definition) is 6. The van der Waals surface area contributed by atoms with Crippen LogP contribution in [0.2, 0.25) is 0 Å². The summed E-state index contributed by atoms with van der Waals surface area (Å²) in [5.74, 6) is -0.981. The number of carbonyl (C=O) groups excluding carboxylic acids is 3. The average Bonchev–Trinajstić information content (AvgIpc) is 3.35. The van der Waals surface area contributed by atoms with Gasteiger partial charge in [-0.2, -0.15) is 0 Å². The first kappa shape index (κ1) is 65.1. The van der Waals surface area contributed by atoms with E-state index < -0.39 is 6.10 Å². The van der Waals surface area contributed by atoms with Gasteiger partial charge in [-0.15, -0.1) is 0 Å². The van der Waals surface area contributed by atoms with Gasteiger partial charge in [-0.1, -0.05) is 226 Å². The summed E-state index contributed by atoms with van der Waals surface area (Å²) in [7, 11) is 0. The topological polar surface area (TPSA) is 78.9 Å². The summed E-state index contributed by atoms with van der Waals surface area (Å²) in [6.45, 7) is 6.40. The summed E-state index contributed by atoms with van der Waals surface area (Å²) >= 11 is 0. The smallest absolute Gasteiger partial charge is 0.306 e. The second-order valence-electron chi connectivity index (χ2n) is 18.5. The van der Waals surface area contributed by atoms with Gasteiger partial charge in [0.15, 0.2) is 6.10 Å². The van der Waals surface area contributed by atoms with Crippen LogP contribution in [0.4, 0.5) is 0 Å². The minimum atomic E-state index is -0.808. The summed E-state index contributed by atoms with van der Waals surface area (Å²) in [5.41, 5.74) is 0. The molecule has 0 aromatic rings. The van der Waals surface area contributed by atoms with Crippen LogP contribution in [0, 0.1) is 0 Å². The molecule has 0 aliphatic heterocycles. The Kier molecular flexibility index (Phi) is 53.4. The second-order valence-corrected chi connectivity index (χ2v) is 18.5. The van der Waals surface area contributed by atoms with Gasteiger partial charge in [0.05, 0.1) is 0 Å². The molecule has 0 saturated heterocycles. The van der Waals surface area contributed by atoms with Crippen molar-refractivity contribution in [1.29, 1.82) is 0 Å². The molecule has 1 atom stereocenters. The summed E-state index contributed by atoms with van der Waals surface area (Å²) in [5, 5.41) is 0. The van der Waals surface area contributed by atoms with Crippen molar-refractivity contribution in [2.45, 2.75) is 258 Å². The highest BCUT2D eigenvalue weighted by molar-refractivity contribution is 5.71. The van der Waals surface area contributed by atoms with E-state index in [1.54, 1.807) is 0 Å². The standard InChI is InChI=1S/C63H104O6/c1-4-7-10-13-16-19-22-24-26-28-30-31-32-33-34-36-37-39-41-44-47-50-53-56-62(65)68-59-60(58-67-61(64)55-52-49-46-43-21-18-15-12-9-6-3)69-63(66)57-54-51-48-45-42-40-38-35-29-27-25-23-20-17-14-11-8-5-2/h7,10,12,15-16,19,24,26-27,29-31,33-34,37,39,44,47,60H,4-6,8-9,11,13-14,17-18,20-23,25,28,32,35-36,38,40-43,45-46,48-59H2,1-3H3/b10-7-,15-12-,19-16-,26-24-,29-27-,31-30-,34-33-,39-37-,47-44-.